The van der Waals surface area contributed by atoms with Crippen LogP contribution in [0.5, 0.6) is 0 Å². The second kappa shape index (κ2) is 7.09. The van der Waals surface area contributed by atoms with Gasteiger partial charge in [0.05, 0.1) is 5.57 Å². The molecule has 1 aromatic heterocycles. The molecule has 0 spiro atoms. The Morgan fingerprint density at radius 1 is 1.18 bits per heavy atom. The molecular weight excluding hydrogens is 376 g/mol. The van der Waals surface area contributed by atoms with Crippen molar-refractivity contribution in [3.8, 4) is 0 Å². The number of allylic oxidation sites excluding steroid dienone is 1. The van der Waals surface area contributed by atoms with Crippen molar-refractivity contribution in [2.45, 2.75) is 26.8 Å². The summed E-state index contributed by atoms with van der Waals surface area (Å²) in [6.07, 6.45) is 0. The summed E-state index contributed by atoms with van der Waals surface area (Å²) >= 11 is 6.45. The molecule has 142 valence electrons. The van der Waals surface area contributed by atoms with Crippen molar-refractivity contribution in [3.63, 3.8) is 0 Å². The van der Waals surface area contributed by atoms with E-state index in [0.717, 1.165) is 22.4 Å². The van der Waals surface area contributed by atoms with Gasteiger partial charge in [0.15, 0.2) is 0 Å². The molecule has 0 fully saturated rings. The quantitative estimate of drug-likeness (QED) is 0.704. The van der Waals surface area contributed by atoms with Gasteiger partial charge in [-0.25, -0.2) is 0 Å². The van der Waals surface area contributed by atoms with E-state index in [1.54, 1.807) is 10.7 Å². The van der Waals surface area contributed by atoms with Gasteiger partial charge in [0.1, 0.15) is 6.04 Å². The zero-order chi connectivity index (χ0) is 19.8. The first-order valence-corrected chi connectivity index (χ1v) is 9.22. The molecule has 4 rings (SSSR count). The Labute approximate surface area is 167 Å². The molecule has 0 bridgehead atoms. The van der Waals surface area contributed by atoms with Crippen molar-refractivity contribution in [3.05, 3.63) is 75.4 Å². The highest BCUT2D eigenvalue weighted by molar-refractivity contribution is 6.31. The number of fused-ring (bicyclic) bond motifs is 1. The number of hydrogen-bond acceptors (Lipinski definition) is 5. The van der Waals surface area contributed by atoms with Crippen LogP contribution in [0.3, 0.4) is 0 Å². The Balaban J connectivity index is 1.79. The highest BCUT2D eigenvalue weighted by Gasteiger charge is 2.35. The molecule has 0 radical (unpaired) electrons. The highest BCUT2D eigenvalue weighted by Crippen LogP contribution is 2.37. The minimum Gasteiger partial charge on any atom is -0.326 e. The maximum atomic E-state index is 13.3. The van der Waals surface area contributed by atoms with Gasteiger partial charge in [-0.05, 0) is 48.9 Å². The predicted molar refractivity (Wildman–Crippen MR) is 108 cm³/mol. The number of aryl methyl sites for hydroxylation is 2. The number of carbonyl (C=O) groups is 1. The first-order chi connectivity index (χ1) is 13.5. The molecule has 28 heavy (non-hydrogen) atoms. The van der Waals surface area contributed by atoms with Gasteiger partial charge in [0, 0.05) is 22.0 Å². The maximum absolute atomic E-state index is 13.3. The third-order valence-corrected chi connectivity index (χ3v) is 5.13. The molecular formula is C20H19ClN6O. The first kappa shape index (κ1) is 18.2. The fraction of sp³-hybridized carbons (Fsp3) is 0.200. The average molecular weight is 395 g/mol. The zero-order valence-electron chi connectivity index (χ0n) is 15.7. The van der Waals surface area contributed by atoms with E-state index in [1.165, 1.54) is 0 Å². The molecule has 1 aliphatic rings. The number of tetrazole rings is 1. The van der Waals surface area contributed by atoms with Crippen molar-refractivity contribution in [2.75, 3.05) is 10.6 Å². The number of anilines is 2. The molecule has 3 aromatic rings. The summed E-state index contributed by atoms with van der Waals surface area (Å²) in [5, 5.41) is 18.5. The van der Waals surface area contributed by atoms with E-state index in [4.69, 9.17) is 11.6 Å². The van der Waals surface area contributed by atoms with E-state index < -0.39 is 6.04 Å². The number of nitrogens with one attached hydrogen (secondary N) is 2. The number of aromatic nitrogens is 4. The van der Waals surface area contributed by atoms with E-state index in [0.29, 0.717) is 22.2 Å². The van der Waals surface area contributed by atoms with Crippen molar-refractivity contribution < 1.29 is 4.79 Å². The Morgan fingerprint density at radius 3 is 2.71 bits per heavy atom. The molecule has 2 aromatic carbocycles. The van der Waals surface area contributed by atoms with Gasteiger partial charge >= 0.3 is 0 Å². The van der Waals surface area contributed by atoms with Crippen LogP contribution in [0, 0.1) is 13.8 Å². The van der Waals surface area contributed by atoms with Crippen LogP contribution in [-0.2, 0) is 4.79 Å². The molecule has 8 heteroatoms. The minimum atomic E-state index is -0.536. The number of carbonyl (C=O) groups excluding carboxylic acids is 1. The Bertz CT molecular complexity index is 1100. The summed E-state index contributed by atoms with van der Waals surface area (Å²) in [5.74, 6) is 0.230. The van der Waals surface area contributed by atoms with Crippen molar-refractivity contribution in [1.29, 1.82) is 0 Å². The molecule has 0 saturated heterocycles. The van der Waals surface area contributed by atoms with Gasteiger partial charge < -0.3 is 10.6 Å². The smallest absolute Gasteiger partial charge is 0.255 e. The van der Waals surface area contributed by atoms with Crippen LogP contribution in [0.25, 0.3) is 0 Å². The van der Waals surface area contributed by atoms with Crippen molar-refractivity contribution in [2.24, 2.45) is 0 Å². The monoisotopic (exact) mass is 394 g/mol. The van der Waals surface area contributed by atoms with Gasteiger partial charge in [-0.3, -0.25) is 4.79 Å². The number of halogens is 1. The van der Waals surface area contributed by atoms with Crippen LogP contribution in [-0.4, -0.2) is 26.1 Å². The predicted octanol–water partition coefficient (Wildman–Crippen LogP) is 3.87. The third-order valence-electron chi connectivity index (χ3n) is 4.79. The van der Waals surface area contributed by atoms with Gasteiger partial charge in [-0.15, -0.1) is 0 Å². The summed E-state index contributed by atoms with van der Waals surface area (Å²) < 4.78 is 1.57. The van der Waals surface area contributed by atoms with Crippen LogP contribution in [0.2, 0.25) is 5.02 Å². The molecule has 0 saturated carbocycles. The molecule has 1 aliphatic heterocycles. The van der Waals surface area contributed by atoms with E-state index in [-0.39, 0.29) is 5.91 Å². The van der Waals surface area contributed by atoms with E-state index in [2.05, 4.69) is 26.2 Å². The minimum absolute atomic E-state index is 0.233. The largest absolute Gasteiger partial charge is 0.326 e. The summed E-state index contributed by atoms with van der Waals surface area (Å²) in [6, 6.07) is 12.8. The van der Waals surface area contributed by atoms with Gasteiger partial charge in [-0.1, -0.05) is 52.6 Å². The van der Waals surface area contributed by atoms with Crippen LogP contribution in [0.15, 0.2) is 53.7 Å². The number of hydrogen-bond donors (Lipinski definition) is 2. The number of amides is 1. The van der Waals surface area contributed by atoms with Gasteiger partial charge in [-0.2, -0.15) is 4.68 Å². The van der Waals surface area contributed by atoms with Crippen molar-refractivity contribution >= 4 is 29.1 Å². The lowest BCUT2D eigenvalue weighted by molar-refractivity contribution is -0.113. The second-order valence-electron chi connectivity index (χ2n) is 6.81. The van der Waals surface area contributed by atoms with Crippen molar-refractivity contribution in [1.82, 2.24) is 20.2 Å². The average Bonchev–Trinajstić information content (AvgIpc) is 3.11. The van der Waals surface area contributed by atoms with Gasteiger partial charge in [0.2, 0.25) is 5.95 Å². The van der Waals surface area contributed by atoms with Crippen LogP contribution in [0.4, 0.5) is 11.6 Å². The lowest BCUT2D eigenvalue weighted by Crippen LogP contribution is -2.31. The van der Waals surface area contributed by atoms with Crippen LogP contribution >= 0.6 is 11.6 Å². The Morgan fingerprint density at radius 2 is 1.96 bits per heavy atom. The third kappa shape index (κ3) is 3.14. The van der Waals surface area contributed by atoms with E-state index in [1.807, 2.05) is 57.2 Å². The molecule has 7 nitrogen and oxygen atoms in total. The summed E-state index contributed by atoms with van der Waals surface area (Å²) in [7, 11) is 0. The standard InChI is InChI=1S/C20H19ClN6O/c1-11-8-9-16(12(2)10-11)23-19(28)17-13(3)22-20-24-25-26-27(20)18(17)14-6-4-5-7-15(14)21/h4-10,18H,1-3H3,(H,23,28)(H,22,24,26)/t18-/m0/s1. The lowest BCUT2D eigenvalue weighted by atomic mass is 9.95. The molecule has 1 amide bonds. The Kier molecular flexibility index (Phi) is 4.60. The first-order valence-electron chi connectivity index (χ1n) is 8.84. The van der Waals surface area contributed by atoms with E-state index >= 15 is 0 Å². The zero-order valence-corrected chi connectivity index (χ0v) is 16.4. The molecule has 2 heterocycles. The molecule has 0 unspecified atom stereocenters. The fourth-order valence-corrected chi connectivity index (χ4v) is 3.67. The summed E-state index contributed by atoms with van der Waals surface area (Å²) in [4.78, 5) is 13.3. The fourth-order valence-electron chi connectivity index (χ4n) is 3.43. The SMILES string of the molecule is CC1=C(C(=O)Nc2ccc(C)cc2C)[C@H](c2ccccc2Cl)n2nnnc2N1. The molecule has 0 aliphatic carbocycles. The normalized spacial score (nSPS) is 15.8. The molecule has 2 N–H and O–H groups in total. The second-order valence-corrected chi connectivity index (χ2v) is 7.21. The van der Waals surface area contributed by atoms with Crippen LogP contribution < -0.4 is 10.6 Å². The Hall–Kier alpha value is -3.19. The highest BCUT2D eigenvalue weighted by atomic mass is 35.5. The van der Waals surface area contributed by atoms with Crippen LogP contribution in [0.1, 0.15) is 29.7 Å². The molecule has 1 atom stereocenters. The summed E-state index contributed by atoms with van der Waals surface area (Å²) in [6.45, 7) is 5.82. The van der Waals surface area contributed by atoms with E-state index in [9.17, 15) is 4.79 Å². The lowest BCUT2D eigenvalue weighted by Gasteiger charge is -2.28. The van der Waals surface area contributed by atoms with Gasteiger partial charge in [0.25, 0.3) is 5.91 Å². The summed E-state index contributed by atoms with van der Waals surface area (Å²) in [5.41, 5.74) is 4.83. The maximum Gasteiger partial charge on any atom is 0.255 e. The number of benzene rings is 2. The number of nitrogens with zero attached hydrogens (tertiary/aromatic N) is 4. The topological polar surface area (TPSA) is 84.7 Å². The number of rotatable bonds is 3.